The van der Waals surface area contributed by atoms with E-state index in [0.717, 1.165) is 0 Å². The zero-order valence-electron chi connectivity index (χ0n) is 11.8. The molecule has 4 unspecified atom stereocenters. The second-order valence-electron chi connectivity index (χ2n) is 5.94. The van der Waals surface area contributed by atoms with Gasteiger partial charge in [0.2, 0.25) is 0 Å². The normalized spacial score (nSPS) is 19.6. The Bertz CT molecular complexity index is 136. The van der Waals surface area contributed by atoms with Gasteiger partial charge in [-0.05, 0) is 0 Å². The first kappa shape index (κ1) is 18.2. The molecule has 0 rings (SSSR count). The Hall–Kier alpha value is 3.19. The predicted molar refractivity (Wildman–Crippen MR) is 87.4 cm³/mol. The summed E-state index contributed by atoms with van der Waals surface area (Å²) in [5.41, 5.74) is 0. The van der Waals surface area contributed by atoms with E-state index < -0.39 is 79.0 Å². The third kappa shape index (κ3) is 10.8. The standard InChI is InChI=1S/2C2H5.4CH3.3CH2.4Sn.4H/c2*1-2;;;;;;;;;;;;;;;/h2*1H2,2H3;4*1H3;3*1H2;;;;;;;;. The van der Waals surface area contributed by atoms with Gasteiger partial charge >= 0.3 is 129 Å². The van der Waals surface area contributed by atoms with E-state index in [9.17, 15) is 0 Å². The SMILES string of the molecule is C[CH2][SnH]([CH3])[CH2][SnH]([CH3])[CH2][SnH]([CH3])[CH2][SnH]([CH3])[CH2]C. The summed E-state index contributed by atoms with van der Waals surface area (Å²) in [6, 6.07) is 0. The van der Waals surface area contributed by atoms with E-state index in [0.29, 0.717) is 0 Å². The average Bonchev–Trinajstić information content (AvgIpc) is 2.16. The average molecular weight is 639 g/mol. The number of hydrogen-bond donors (Lipinski definition) is 0. The van der Waals surface area contributed by atoms with Crippen LogP contribution in [0.5, 0.6) is 0 Å². The molecule has 0 nitrogen and oxygen atoms in total. The van der Waals surface area contributed by atoms with Gasteiger partial charge in [0.1, 0.15) is 0 Å². The molecule has 92 valence electrons. The van der Waals surface area contributed by atoms with Crippen LogP contribution in [0.3, 0.4) is 0 Å². The molecular formula is C11H32Sn4. The second kappa shape index (κ2) is 11.1. The molecule has 0 aliphatic carbocycles. The van der Waals surface area contributed by atoms with Crippen LogP contribution in [0.2, 0.25) is 36.0 Å². The molecule has 0 saturated carbocycles. The van der Waals surface area contributed by atoms with E-state index in [1.165, 1.54) is 0 Å². The van der Waals surface area contributed by atoms with Crippen LogP contribution in [0.25, 0.3) is 0 Å². The van der Waals surface area contributed by atoms with Crippen molar-refractivity contribution in [3.8, 4) is 0 Å². The summed E-state index contributed by atoms with van der Waals surface area (Å²) in [5, 5.41) is 0. The van der Waals surface area contributed by atoms with Crippen molar-refractivity contribution in [3.63, 3.8) is 0 Å². The Balaban J connectivity index is 3.70. The first-order valence-electron chi connectivity index (χ1n) is 6.99. The molecule has 0 spiro atoms. The summed E-state index contributed by atoms with van der Waals surface area (Å²) in [6.45, 7) is 4.92. The van der Waals surface area contributed by atoms with Crippen LogP contribution >= 0.6 is 0 Å². The van der Waals surface area contributed by atoms with Crippen molar-refractivity contribution in [1.82, 2.24) is 0 Å². The van der Waals surface area contributed by atoms with Crippen LogP contribution in [0.4, 0.5) is 0 Å². The second-order valence-corrected chi connectivity index (χ2v) is 67.0. The number of hydrogen-bond acceptors (Lipinski definition) is 0. The van der Waals surface area contributed by atoms with Crippen molar-refractivity contribution < 1.29 is 0 Å². The fourth-order valence-electron chi connectivity index (χ4n) is 2.59. The van der Waals surface area contributed by atoms with E-state index in [2.05, 4.69) is 33.6 Å². The van der Waals surface area contributed by atoms with E-state index >= 15 is 0 Å². The van der Waals surface area contributed by atoms with Gasteiger partial charge in [0.15, 0.2) is 0 Å². The van der Waals surface area contributed by atoms with Gasteiger partial charge in [0, 0.05) is 0 Å². The Morgan fingerprint density at radius 2 is 0.800 bits per heavy atom. The molecule has 0 aromatic heterocycles. The van der Waals surface area contributed by atoms with E-state index in [4.69, 9.17) is 0 Å². The Kier molecular flexibility index (Phi) is 13.4. The van der Waals surface area contributed by atoms with E-state index in [-0.39, 0.29) is 0 Å². The van der Waals surface area contributed by atoms with Crippen LogP contribution in [0, 0.1) is 0 Å². The third-order valence-corrected chi connectivity index (χ3v) is 118. The molecule has 0 amide bonds. The molecule has 4 atom stereocenters. The Morgan fingerprint density at radius 3 is 1.07 bits per heavy atom. The minimum atomic E-state index is -0.862. The van der Waals surface area contributed by atoms with Crippen LogP contribution < -0.4 is 0 Å². The molecule has 0 fully saturated rings. The Morgan fingerprint density at radius 1 is 0.533 bits per heavy atom. The molecule has 0 bridgehead atoms. The van der Waals surface area contributed by atoms with Gasteiger partial charge in [-0.3, -0.25) is 0 Å². The first-order valence-corrected chi connectivity index (χ1v) is 38.8. The maximum absolute atomic E-state index is 2.77. The fourth-order valence-corrected chi connectivity index (χ4v) is 166. The summed E-state index contributed by atoms with van der Waals surface area (Å²) in [7, 11) is 0. The Labute approximate surface area is 126 Å². The monoisotopic (exact) mass is 644 g/mol. The molecule has 4 heteroatoms. The summed E-state index contributed by atoms with van der Waals surface area (Å²) in [4.78, 5) is 10.9. The van der Waals surface area contributed by atoms with Gasteiger partial charge < -0.3 is 0 Å². The summed E-state index contributed by atoms with van der Waals surface area (Å²) >= 11 is -3.40. The molecule has 15 heavy (non-hydrogen) atoms. The maximum atomic E-state index is 2.77. The molecule has 0 saturated heterocycles. The van der Waals surface area contributed by atoms with Crippen molar-refractivity contribution in [3.05, 3.63) is 0 Å². The van der Waals surface area contributed by atoms with Gasteiger partial charge in [-0.2, -0.15) is 0 Å². The molecule has 0 aromatic rings. The zero-order chi connectivity index (χ0) is 11.8. The minimum absolute atomic E-state index is 0.839. The van der Waals surface area contributed by atoms with Gasteiger partial charge in [0.25, 0.3) is 0 Å². The van der Waals surface area contributed by atoms with Crippen molar-refractivity contribution >= 4 is 79.0 Å². The molecular weight excluding hydrogens is 607 g/mol. The van der Waals surface area contributed by atoms with Gasteiger partial charge in [-0.25, -0.2) is 0 Å². The zero-order valence-corrected chi connectivity index (χ0v) is 25.0. The van der Waals surface area contributed by atoms with Gasteiger partial charge in [0.05, 0.1) is 0 Å². The van der Waals surface area contributed by atoms with Crippen molar-refractivity contribution in [2.45, 2.75) is 49.8 Å². The fraction of sp³-hybridized carbons (Fsp3) is 1.00. The summed E-state index contributed by atoms with van der Waals surface area (Å²) < 4.78 is 9.05. The molecule has 0 aliphatic rings. The van der Waals surface area contributed by atoms with E-state index in [1.54, 1.807) is 8.87 Å². The topological polar surface area (TPSA) is 0 Å². The predicted octanol–water partition coefficient (Wildman–Crippen LogP) is 3.07. The summed E-state index contributed by atoms with van der Waals surface area (Å²) in [6.07, 6.45) is 0. The van der Waals surface area contributed by atoms with Crippen molar-refractivity contribution in [1.29, 1.82) is 0 Å². The quantitative estimate of drug-likeness (QED) is 0.359. The van der Waals surface area contributed by atoms with Crippen LogP contribution in [-0.2, 0) is 0 Å². The first-order chi connectivity index (χ1) is 6.99. The summed E-state index contributed by atoms with van der Waals surface area (Å²) in [5.74, 6) is 0. The van der Waals surface area contributed by atoms with Crippen LogP contribution in [-0.4, -0.2) is 79.0 Å². The van der Waals surface area contributed by atoms with Gasteiger partial charge in [-0.15, -0.1) is 0 Å². The molecule has 0 N–H and O–H groups in total. The molecule has 0 radical (unpaired) electrons. The van der Waals surface area contributed by atoms with Gasteiger partial charge in [-0.1, -0.05) is 0 Å². The van der Waals surface area contributed by atoms with Crippen LogP contribution in [0.15, 0.2) is 0 Å². The van der Waals surface area contributed by atoms with Crippen molar-refractivity contribution in [2.75, 3.05) is 0 Å². The molecule has 0 aliphatic heterocycles. The third-order valence-electron chi connectivity index (χ3n) is 3.81. The molecule has 0 aromatic carbocycles. The van der Waals surface area contributed by atoms with Crippen molar-refractivity contribution in [2.24, 2.45) is 0 Å². The number of rotatable bonds is 8. The molecule has 0 heterocycles. The van der Waals surface area contributed by atoms with Crippen LogP contribution in [0.1, 0.15) is 13.8 Å². The van der Waals surface area contributed by atoms with E-state index in [1.807, 2.05) is 7.36 Å².